The molecule has 1 aromatic carbocycles. The lowest BCUT2D eigenvalue weighted by molar-refractivity contribution is -0.133. The van der Waals surface area contributed by atoms with E-state index in [0.29, 0.717) is 13.0 Å². The van der Waals surface area contributed by atoms with Gasteiger partial charge >= 0.3 is 0 Å². The zero-order valence-corrected chi connectivity index (χ0v) is 14.5. The molecule has 1 N–H and O–H groups in total. The Labute approximate surface area is 148 Å². The van der Waals surface area contributed by atoms with Crippen LogP contribution in [0, 0.1) is 0 Å². The van der Waals surface area contributed by atoms with Gasteiger partial charge in [-0.25, -0.2) is 0 Å². The number of nitrogens with one attached hydrogen (secondary N) is 1. The monoisotopic (exact) mass is 347 g/mol. The van der Waals surface area contributed by atoms with Crippen LogP contribution < -0.4 is 10.1 Å². The van der Waals surface area contributed by atoms with Gasteiger partial charge in [-0.1, -0.05) is 18.2 Å². The van der Waals surface area contributed by atoms with Gasteiger partial charge in [0.25, 0.3) is 0 Å². The lowest BCUT2D eigenvalue weighted by Crippen LogP contribution is -2.49. The van der Waals surface area contributed by atoms with Crippen molar-refractivity contribution in [3.63, 3.8) is 0 Å². The molecule has 1 fully saturated rings. The number of carbonyl (C=O) groups is 1. The zero-order valence-electron chi connectivity index (χ0n) is 13.6. The second-order valence-electron chi connectivity index (χ2n) is 5.62. The topological polar surface area (TPSA) is 54.5 Å². The van der Waals surface area contributed by atoms with Crippen molar-refractivity contribution in [2.75, 3.05) is 26.7 Å². The van der Waals surface area contributed by atoms with Crippen molar-refractivity contribution >= 4 is 18.3 Å². The highest BCUT2D eigenvalue weighted by Crippen LogP contribution is 2.23. The van der Waals surface area contributed by atoms with Crippen LogP contribution in [0.1, 0.15) is 17.2 Å². The van der Waals surface area contributed by atoms with Crippen molar-refractivity contribution in [2.45, 2.75) is 12.5 Å². The molecule has 1 unspecified atom stereocenters. The molecule has 1 aliphatic heterocycles. The Hall–Kier alpha value is -2.11. The second kappa shape index (κ2) is 8.66. The molecule has 5 nitrogen and oxygen atoms in total. The quantitative estimate of drug-likeness (QED) is 0.921. The Morgan fingerprint density at radius 1 is 1.38 bits per heavy atom. The van der Waals surface area contributed by atoms with Crippen LogP contribution >= 0.6 is 12.4 Å². The van der Waals surface area contributed by atoms with E-state index in [2.05, 4.69) is 10.3 Å². The summed E-state index contributed by atoms with van der Waals surface area (Å²) in [7, 11) is 1.63. The van der Waals surface area contributed by atoms with Gasteiger partial charge in [0.15, 0.2) is 0 Å². The molecule has 2 aromatic rings. The number of hydrogen-bond acceptors (Lipinski definition) is 4. The number of halogens is 1. The predicted molar refractivity (Wildman–Crippen MR) is 95.5 cm³/mol. The van der Waals surface area contributed by atoms with Crippen molar-refractivity contribution in [1.29, 1.82) is 0 Å². The molecule has 0 aliphatic carbocycles. The second-order valence-corrected chi connectivity index (χ2v) is 5.62. The molecule has 1 atom stereocenters. The minimum absolute atomic E-state index is 0. The Morgan fingerprint density at radius 2 is 2.25 bits per heavy atom. The van der Waals surface area contributed by atoms with Crippen LogP contribution in [0.25, 0.3) is 0 Å². The van der Waals surface area contributed by atoms with Crippen molar-refractivity contribution in [3.8, 4) is 5.75 Å². The van der Waals surface area contributed by atoms with Crippen LogP contribution in [0.3, 0.4) is 0 Å². The number of piperazine rings is 1. The van der Waals surface area contributed by atoms with Gasteiger partial charge in [-0.3, -0.25) is 9.78 Å². The summed E-state index contributed by atoms with van der Waals surface area (Å²) in [6.07, 6.45) is 3.97. The number of amides is 1. The third kappa shape index (κ3) is 4.24. The number of carbonyl (C=O) groups excluding carboxylic acids is 1. The number of ether oxygens (including phenoxy) is 1. The number of benzene rings is 1. The highest BCUT2D eigenvalue weighted by molar-refractivity contribution is 5.85. The third-order valence-electron chi connectivity index (χ3n) is 4.12. The molecule has 0 radical (unpaired) electrons. The van der Waals surface area contributed by atoms with E-state index in [4.69, 9.17) is 4.74 Å². The van der Waals surface area contributed by atoms with E-state index in [-0.39, 0.29) is 24.4 Å². The van der Waals surface area contributed by atoms with Gasteiger partial charge in [0.2, 0.25) is 5.91 Å². The SMILES string of the molecule is COc1cccc(CC(=O)N2CCNCC2c2cccnc2)c1.Cl. The maximum atomic E-state index is 12.8. The smallest absolute Gasteiger partial charge is 0.227 e. The van der Waals surface area contributed by atoms with Crippen LogP contribution in [-0.4, -0.2) is 42.5 Å². The molecule has 1 aromatic heterocycles. The fourth-order valence-electron chi connectivity index (χ4n) is 2.93. The first-order valence-electron chi connectivity index (χ1n) is 7.81. The van der Waals surface area contributed by atoms with E-state index in [1.54, 1.807) is 13.3 Å². The van der Waals surface area contributed by atoms with E-state index < -0.39 is 0 Å². The molecule has 6 heteroatoms. The lowest BCUT2D eigenvalue weighted by Gasteiger charge is -2.36. The summed E-state index contributed by atoms with van der Waals surface area (Å²) < 4.78 is 5.23. The fraction of sp³-hybridized carbons (Fsp3) is 0.333. The molecule has 128 valence electrons. The summed E-state index contributed by atoms with van der Waals surface area (Å²) >= 11 is 0. The number of methoxy groups -OCH3 is 1. The minimum atomic E-state index is 0. The highest BCUT2D eigenvalue weighted by atomic mass is 35.5. The molecule has 0 bridgehead atoms. The van der Waals surface area contributed by atoms with E-state index in [1.165, 1.54) is 0 Å². The average Bonchev–Trinajstić information content (AvgIpc) is 2.62. The van der Waals surface area contributed by atoms with Crippen molar-refractivity contribution in [3.05, 3.63) is 59.9 Å². The summed E-state index contributed by atoms with van der Waals surface area (Å²) in [5.74, 6) is 0.910. The highest BCUT2D eigenvalue weighted by Gasteiger charge is 2.27. The maximum absolute atomic E-state index is 12.8. The van der Waals surface area contributed by atoms with Crippen molar-refractivity contribution in [1.82, 2.24) is 15.2 Å². The number of nitrogens with zero attached hydrogens (tertiary/aromatic N) is 2. The van der Waals surface area contributed by atoms with E-state index in [9.17, 15) is 4.79 Å². The number of pyridine rings is 1. The van der Waals surface area contributed by atoms with Crippen LogP contribution in [0.2, 0.25) is 0 Å². The summed E-state index contributed by atoms with van der Waals surface area (Å²) in [6.45, 7) is 2.29. The van der Waals surface area contributed by atoms with E-state index >= 15 is 0 Å². The molecule has 1 aliphatic rings. The molecular weight excluding hydrogens is 326 g/mol. The third-order valence-corrected chi connectivity index (χ3v) is 4.12. The number of aromatic nitrogens is 1. The van der Waals surface area contributed by atoms with Crippen LogP contribution in [0.4, 0.5) is 0 Å². The molecule has 0 spiro atoms. The molecule has 3 rings (SSSR count). The van der Waals surface area contributed by atoms with Crippen molar-refractivity contribution in [2.24, 2.45) is 0 Å². The lowest BCUT2D eigenvalue weighted by atomic mass is 10.0. The summed E-state index contributed by atoms with van der Waals surface area (Å²) in [5, 5.41) is 3.36. The van der Waals surface area contributed by atoms with Gasteiger partial charge in [-0.2, -0.15) is 0 Å². The standard InChI is InChI=1S/C18H21N3O2.ClH/c1-23-16-6-2-4-14(10-16)11-18(22)21-9-8-20-13-17(21)15-5-3-7-19-12-15;/h2-7,10,12,17,20H,8-9,11,13H2,1H3;1H. The van der Waals surface area contributed by atoms with Gasteiger partial charge in [-0.15, -0.1) is 12.4 Å². The maximum Gasteiger partial charge on any atom is 0.227 e. The first kappa shape index (κ1) is 18.2. The van der Waals surface area contributed by atoms with Gasteiger partial charge in [0.1, 0.15) is 5.75 Å². The molecule has 24 heavy (non-hydrogen) atoms. The summed E-state index contributed by atoms with van der Waals surface area (Å²) in [6, 6.07) is 11.6. The first-order valence-corrected chi connectivity index (χ1v) is 7.81. The first-order chi connectivity index (χ1) is 11.3. The number of rotatable bonds is 4. The molecule has 2 heterocycles. The predicted octanol–water partition coefficient (Wildman–Crippen LogP) is 2.23. The fourth-order valence-corrected chi connectivity index (χ4v) is 2.93. The Kier molecular flexibility index (Phi) is 6.58. The number of hydrogen-bond donors (Lipinski definition) is 1. The van der Waals surface area contributed by atoms with E-state index in [0.717, 1.165) is 30.0 Å². The van der Waals surface area contributed by atoms with Crippen LogP contribution in [0.5, 0.6) is 5.75 Å². The summed E-state index contributed by atoms with van der Waals surface area (Å²) in [4.78, 5) is 18.9. The Morgan fingerprint density at radius 3 is 3.00 bits per heavy atom. The average molecular weight is 348 g/mol. The largest absolute Gasteiger partial charge is 0.497 e. The van der Waals surface area contributed by atoms with E-state index in [1.807, 2.05) is 47.5 Å². The zero-order chi connectivity index (χ0) is 16.1. The Balaban J connectivity index is 0.00000208. The van der Waals surface area contributed by atoms with Gasteiger partial charge in [-0.05, 0) is 29.3 Å². The van der Waals surface area contributed by atoms with Crippen molar-refractivity contribution < 1.29 is 9.53 Å². The molecular formula is C18H22ClN3O2. The minimum Gasteiger partial charge on any atom is -0.497 e. The Bertz CT molecular complexity index is 666. The molecule has 0 saturated carbocycles. The molecule has 1 amide bonds. The van der Waals surface area contributed by atoms with Crippen LogP contribution in [0.15, 0.2) is 48.8 Å². The van der Waals surface area contributed by atoms with Gasteiger partial charge in [0.05, 0.1) is 19.6 Å². The summed E-state index contributed by atoms with van der Waals surface area (Å²) in [5.41, 5.74) is 2.04. The van der Waals surface area contributed by atoms with Gasteiger partial charge < -0.3 is 15.0 Å². The van der Waals surface area contributed by atoms with Crippen LogP contribution in [-0.2, 0) is 11.2 Å². The van der Waals surface area contributed by atoms with Gasteiger partial charge in [0, 0.05) is 32.0 Å². The molecule has 1 saturated heterocycles. The normalized spacial score (nSPS) is 17.0.